The van der Waals surface area contributed by atoms with Crippen LogP contribution in [0.25, 0.3) is 11.3 Å². The molecule has 1 aromatic heterocycles. The van der Waals surface area contributed by atoms with Crippen LogP contribution in [0, 0.1) is 0 Å². The third-order valence-corrected chi connectivity index (χ3v) is 4.75. The van der Waals surface area contributed by atoms with Gasteiger partial charge in [-0.25, -0.2) is 0 Å². The number of likely N-dealkylation sites (tertiary alicyclic amines) is 1. The van der Waals surface area contributed by atoms with Crippen LogP contribution in [0.15, 0.2) is 34.4 Å². The molecular formula is C16H19N3O2S. The van der Waals surface area contributed by atoms with Crippen LogP contribution in [0.1, 0.15) is 19.3 Å². The summed E-state index contributed by atoms with van der Waals surface area (Å²) < 4.78 is 1.56. The molecule has 2 heterocycles. The lowest BCUT2D eigenvalue weighted by Gasteiger charge is -2.27. The Balaban J connectivity index is 1.84. The maximum atomic E-state index is 12.4. The molecule has 1 aromatic carbocycles. The zero-order chi connectivity index (χ0) is 15.5. The number of aromatic nitrogens is 1. The number of nitrogens with two attached hydrogens (primary N) is 1. The molecule has 22 heavy (non-hydrogen) atoms. The van der Waals surface area contributed by atoms with Gasteiger partial charge in [-0.05, 0) is 37.0 Å². The van der Waals surface area contributed by atoms with E-state index >= 15 is 0 Å². The molecule has 6 heteroatoms. The van der Waals surface area contributed by atoms with Gasteiger partial charge in [-0.1, -0.05) is 23.5 Å². The normalized spacial score (nSPS) is 15.0. The van der Waals surface area contributed by atoms with Gasteiger partial charge in [0.15, 0.2) is 0 Å². The molecule has 3 rings (SSSR count). The number of hydrogen-bond acceptors (Lipinski definition) is 4. The summed E-state index contributed by atoms with van der Waals surface area (Å²) in [6, 6.07) is 7.35. The first kappa shape index (κ1) is 14.8. The Hall–Kier alpha value is -2.08. The minimum absolute atomic E-state index is 0.0249. The Morgan fingerprint density at radius 3 is 2.50 bits per heavy atom. The quantitative estimate of drug-likeness (QED) is 0.882. The molecule has 0 aliphatic carbocycles. The lowest BCUT2D eigenvalue weighted by Crippen LogP contribution is -2.39. The van der Waals surface area contributed by atoms with Gasteiger partial charge in [0.25, 0.3) is 0 Å². The van der Waals surface area contributed by atoms with Crippen LogP contribution in [0.4, 0.5) is 5.69 Å². The second-order valence-electron chi connectivity index (χ2n) is 5.54. The first-order chi connectivity index (χ1) is 10.6. The fourth-order valence-electron chi connectivity index (χ4n) is 2.74. The molecule has 2 N–H and O–H groups in total. The van der Waals surface area contributed by atoms with Crippen molar-refractivity contribution in [3.8, 4) is 11.3 Å². The summed E-state index contributed by atoms with van der Waals surface area (Å²) in [6.07, 6.45) is 3.28. The van der Waals surface area contributed by atoms with Crippen molar-refractivity contribution >= 4 is 22.9 Å². The van der Waals surface area contributed by atoms with Crippen LogP contribution in [0.5, 0.6) is 0 Å². The maximum absolute atomic E-state index is 12.4. The number of anilines is 1. The van der Waals surface area contributed by atoms with Gasteiger partial charge in [0.05, 0.1) is 5.69 Å². The number of hydrogen-bond donors (Lipinski definition) is 1. The van der Waals surface area contributed by atoms with E-state index < -0.39 is 0 Å². The fourth-order valence-corrected chi connectivity index (χ4v) is 3.50. The molecule has 1 amide bonds. The van der Waals surface area contributed by atoms with Gasteiger partial charge < -0.3 is 10.6 Å². The lowest BCUT2D eigenvalue weighted by atomic mass is 10.1. The van der Waals surface area contributed by atoms with Crippen molar-refractivity contribution in [2.45, 2.75) is 25.8 Å². The summed E-state index contributed by atoms with van der Waals surface area (Å²) in [4.78, 5) is 26.3. The minimum Gasteiger partial charge on any atom is -0.399 e. The zero-order valence-corrected chi connectivity index (χ0v) is 13.1. The molecule has 0 bridgehead atoms. The summed E-state index contributed by atoms with van der Waals surface area (Å²) in [5.74, 6) is 0.0249. The number of amides is 1. The second kappa shape index (κ2) is 6.36. The van der Waals surface area contributed by atoms with E-state index in [4.69, 9.17) is 5.73 Å². The Labute approximate surface area is 133 Å². The van der Waals surface area contributed by atoms with Crippen molar-refractivity contribution in [2.24, 2.45) is 0 Å². The highest BCUT2D eigenvalue weighted by Gasteiger charge is 2.19. The molecule has 0 spiro atoms. The molecule has 116 valence electrons. The third kappa shape index (κ3) is 3.06. The van der Waals surface area contributed by atoms with Crippen molar-refractivity contribution in [3.63, 3.8) is 0 Å². The van der Waals surface area contributed by atoms with Crippen LogP contribution in [0.3, 0.4) is 0 Å². The summed E-state index contributed by atoms with van der Waals surface area (Å²) in [7, 11) is 0. The van der Waals surface area contributed by atoms with E-state index in [1.807, 2.05) is 17.0 Å². The van der Waals surface area contributed by atoms with Crippen LogP contribution in [-0.4, -0.2) is 28.5 Å². The molecule has 0 atom stereocenters. The van der Waals surface area contributed by atoms with Gasteiger partial charge in [-0.3, -0.25) is 14.2 Å². The van der Waals surface area contributed by atoms with Gasteiger partial charge in [0, 0.05) is 24.2 Å². The number of piperidine rings is 1. The fraction of sp³-hybridized carbons (Fsp3) is 0.375. The SMILES string of the molecule is Nc1ccc(-c2csc(=O)n2CC(=O)N2CCCCC2)cc1. The van der Waals surface area contributed by atoms with E-state index in [0.29, 0.717) is 5.69 Å². The molecule has 2 aromatic rings. The highest BCUT2D eigenvalue weighted by molar-refractivity contribution is 7.07. The number of nitrogen functional groups attached to an aromatic ring is 1. The van der Waals surface area contributed by atoms with Crippen molar-refractivity contribution in [2.75, 3.05) is 18.8 Å². The molecule has 0 saturated carbocycles. The Bertz CT molecular complexity index is 712. The minimum atomic E-state index is -0.0998. The third-order valence-electron chi connectivity index (χ3n) is 3.99. The Morgan fingerprint density at radius 1 is 1.14 bits per heavy atom. The van der Waals surface area contributed by atoms with Crippen LogP contribution in [0.2, 0.25) is 0 Å². The number of thiazole rings is 1. The summed E-state index contributed by atoms with van der Waals surface area (Å²) in [6.45, 7) is 1.71. The van der Waals surface area contributed by atoms with Crippen molar-refractivity contribution in [3.05, 3.63) is 39.3 Å². The average Bonchev–Trinajstić information content (AvgIpc) is 2.90. The van der Waals surface area contributed by atoms with E-state index in [-0.39, 0.29) is 17.3 Å². The summed E-state index contributed by atoms with van der Waals surface area (Å²) in [5, 5.41) is 1.80. The first-order valence-electron chi connectivity index (χ1n) is 7.47. The van der Waals surface area contributed by atoms with Crippen molar-refractivity contribution in [1.29, 1.82) is 0 Å². The predicted molar refractivity (Wildman–Crippen MR) is 88.9 cm³/mol. The maximum Gasteiger partial charge on any atom is 0.308 e. The lowest BCUT2D eigenvalue weighted by molar-refractivity contribution is -0.132. The second-order valence-corrected chi connectivity index (χ2v) is 6.36. The monoisotopic (exact) mass is 317 g/mol. The number of carbonyl (C=O) groups excluding carboxylic acids is 1. The highest BCUT2D eigenvalue weighted by Crippen LogP contribution is 2.21. The standard InChI is InChI=1S/C16H19N3O2S/c17-13-6-4-12(5-7-13)14-11-22-16(21)19(14)10-15(20)18-8-2-1-3-9-18/h4-7,11H,1-3,8-10,17H2. The smallest absolute Gasteiger partial charge is 0.308 e. The average molecular weight is 317 g/mol. The molecule has 1 fully saturated rings. The van der Waals surface area contributed by atoms with Gasteiger partial charge in [0.1, 0.15) is 6.54 Å². The topological polar surface area (TPSA) is 68.3 Å². The largest absolute Gasteiger partial charge is 0.399 e. The number of carbonyl (C=O) groups is 1. The number of benzene rings is 1. The molecule has 0 radical (unpaired) electrons. The van der Waals surface area contributed by atoms with E-state index in [0.717, 1.165) is 48.5 Å². The summed E-state index contributed by atoms with van der Waals surface area (Å²) in [5.41, 5.74) is 8.06. The summed E-state index contributed by atoms with van der Waals surface area (Å²) >= 11 is 1.12. The van der Waals surface area contributed by atoms with Crippen molar-refractivity contribution < 1.29 is 4.79 Å². The highest BCUT2D eigenvalue weighted by atomic mass is 32.1. The van der Waals surface area contributed by atoms with E-state index in [9.17, 15) is 9.59 Å². The molecule has 5 nitrogen and oxygen atoms in total. The molecular weight excluding hydrogens is 298 g/mol. The van der Waals surface area contributed by atoms with Gasteiger partial charge >= 0.3 is 4.87 Å². The zero-order valence-electron chi connectivity index (χ0n) is 12.3. The Morgan fingerprint density at radius 2 is 1.82 bits per heavy atom. The molecule has 1 saturated heterocycles. The van der Waals surface area contributed by atoms with Crippen LogP contribution < -0.4 is 10.6 Å². The van der Waals surface area contributed by atoms with Crippen LogP contribution in [-0.2, 0) is 11.3 Å². The van der Waals surface area contributed by atoms with Crippen LogP contribution >= 0.6 is 11.3 Å². The van der Waals surface area contributed by atoms with Gasteiger partial charge in [0.2, 0.25) is 5.91 Å². The van der Waals surface area contributed by atoms with Crippen molar-refractivity contribution in [1.82, 2.24) is 9.47 Å². The van der Waals surface area contributed by atoms with Gasteiger partial charge in [-0.15, -0.1) is 0 Å². The van der Waals surface area contributed by atoms with E-state index in [2.05, 4.69) is 0 Å². The van der Waals surface area contributed by atoms with Gasteiger partial charge in [-0.2, -0.15) is 0 Å². The number of rotatable bonds is 3. The van der Waals surface area contributed by atoms with E-state index in [1.165, 1.54) is 6.42 Å². The molecule has 1 aliphatic heterocycles. The number of nitrogens with zero attached hydrogens (tertiary/aromatic N) is 2. The molecule has 1 aliphatic rings. The predicted octanol–water partition coefficient (Wildman–Crippen LogP) is 2.17. The van der Waals surface area contributed by atoms with E-state index in [1.54, 1.807) is 22.1 Å². The Kier molecular flexibility index (Phi) is 4.29. The molecule has 0 unspecified atom stereocenters. The first-order valence-corrected chi connectivity index (χ1v) is 8.35.